The summed E-state index contributed by atoms with van der Waals surface area (Å²) in [5.41, 5.74) is 3.45. The molecule has 6 nitrogen and oxygen atoms in total. The first-order valence-electron chi connectivity index (χ1n) is 10.9. The van der Waals surface area contributed by atoms with E-state index in [2.05, 4.69) is 4.99 Å². The van der Waals surface area contributed by atoms with E-state index in [9.17, 15) is 9.59 Å². The second-order valence-electron chi connectivity index (χ2n) is 7.80. The molecule has 1 atom stereocenters. The van der Waals surface area contributed by atoms with E-state index in [1.807, 2.05) is 61.7 Å². The second kappa shape index (κ2) is 10.0. The third kappa shape index (κ3) is 4.48. The van der Waals surface area contributed by atoms with Crippen molar-refractivity contribution in [3.05, 3.63) is 90.1 Å². The topological polar surface area (TPSA) is 69.9 Å². The predicted molar refractivity (Wildman–Crippen MR) is 136 cm³/mol. The van der Waals surface area contributed by atoms with E-state index in [0.717, 1.165) is 27.3 Å². The number of benzene rings is 2. The first-order chi connectivity index (χ1) is 16.4. The molecule has 3 aromatic rings. The average molecular weight is 495 g/mol. The molecular weight excluding hydrogens is 468 g/mol. The molecule has 0 N–H and O–H groups in total. The maximum Gasteiger partial charge on any atom is 0.338 e. The number of carbonyl (C=O) groups excluding carboxylic acids is 1. The van der Waals surface area contributed by atoms with E-state index < -0.39 is 12.0 Å². The molecule has 1 aliphatic rings. The van der Waals surface area contributed by atoms with Gasteiger partial charge >= 0.3 is 5.97 Å². The molecule has 1 aromatic heterocycles. The van der Waals surface area contributed by atoms with Crippen molar-refractivity contribution in [2.75, 3.05) is 20.0 Å². The Labute approximate surface area is 206 Å². The average Bonchev–Trinajstić information content (AvgIpc) is 3.13. The van der Waals surface area contributed by atoms with Crippen molar-refractivity contribution in [1.29, 1.82) is 0 Å². The standard InChI is InChI=1S/C26H26N2O4S2/c1-6-32-25(30)22-16(3)27-26-28(23(22)18-9-11-19(33-5)12-10-18)24(29)21(34-26)14-17-8-7-15(2)20(13-17)31-4/h7-14,23H,6H2,1-5H3/t23-/m1/s1. The van der Waals surface area contributed by atoms with Crippen LogP contribution >= 0.6 is 23.1 Å². The van der Waals surface area contributed by atoms with Crippen LogP contribution in [0.1, 0.15) is 36.6 Å². The summed E-state index contributed by atoms with van der Waals surface area (Å²) in [7, 11) is 1.63. The number of aryl methyl sites for hydroxylation is 1. The number of esters is 1. The van der Waals surface area contributed by atoms with Crippen LogP contribution in [0.4, 0.5) is 0 Å². The lowest BCUT2D eigenvalue weighted by Gasteiger charge is -2.24. The van der Waals surface area contributed by atoms with Gasteiger partial charge in [-0.2, -0.15) is 0 Å². The van der Waals surface area contributed by atoms with Gasteiger partial charge in [-0.3, -0.25) is 9.36 Å². The van der Waals surface area contributed by atoms with Gasteiger partial charge in [-0.05, 0) is 68.0 Å². The van der Waals surface area contributed by atoms with Crippen molar-refractivity contribution in [3.8, 4) is 5.75 Å². The minimum absolute atomic E-state index is 0.198. The first-order valence-corrected chi connectivity index (χ1v) is 12.9. The number of allylic oxidation sites excluding steroid dienone is 1. The van der Waals surface area contributed by atoms with Crippen molar-refractivity contribution >= 4 is 35.1 Å². The fourth-order valence-electron chi connectivity index (χ4n) is 3.97. The van der Waals surface area contributed by atoms with Gasteiger partial charge in [-0.25, -0.2) is 9.79 Å². The molecule has 2 heterocycles. The molecule has 0 unspecified atom stereocenters. The van der Waals surface area contributed by atoms with E-state index in [1.165, 1.54) is 11.3 Å². The molecule has 0 aliphatic carbocycles. The molecule has 0 bridgehead atoms. The Morgan fingerprint density at radius 2 is 1.94 bits per heavy atom. The normalized spacial score (nSPS) is 15.7. The van der Waals surface area contributed by atoms with Gasteiger partial charge < -0.3 is 9.47 Å². The number of hydrogen-bond acceptors (Lipinski definition) is 7. The molecule has 0 fully saturated rings. The fraction of sp³-hybridized carbons (Fsp3) is 0.269. The Bertz CT molecular complexity index is 1450. The maximum absolute atomic E-state index is 13.7. The monoisotopic (exact) mass is 494 g/mol. The van der Waals surface area contributed by atoms with Crippen molar-refractivity contribution < 1.29 is 14.3 Å². The number of thioether (sulfide) groups is 1. The molecule has 0 saturated carbocycles. The molecule has 0 spiro atoms. The third-order valence-corrected chi connectivity index (χ3v) is 7.40. The quantitative estimate of drug-likeness (QED) is 0.385. The smallest absolute Gasteiger partial charge is 0.338 e. The highest BCUT2D eigenvalue weighted by atomic mass is 32.2. The Kier molecular flexibility index (Phi) is 7.09. The highest BCUT2D eigenvalue weighted by Gasteiger charge is 2.33. The van der Waals surface area contributed by atoms with Crippen LogP contribution in [-0.2, 0) is 9.53 Å². The number of nitrogens with zero attached hydrogens (tertiary/aromatic N) is 2. The molecule has 34 heavy (non-hydrogen) atoms. The summed E-state index contributed by atoms with van der Waals surface area (Å²) in [6, 6.07) is 13.1. The molecular formula is C26H26N2O4S2. The number of ether oxygens (including phenoxy) is 2. The van der Waals surface area contributed by atoms with Gasteiger partial charge in [0.25, 0.3) is 5.56 Å². The highest BCUT2D eigenvalue weighted by molar-refractivity contribution is 7.98. The third-order valence-electron chi connectivity index (χ3n) is 5.68. The summed E-state index contributed by atoms with van der Waals surface area (Å²) in [4.78, 5) is 32.9. The zero-order chi connectivity index (χ0) is 24.4. The summed E-state index contributed by atoms with van der Waals surface area (Å²) in [6.45, 7) is 5.77. The van der Waals surface area contributed by atoms with Crippen LogP contribution in [-0.4, -0.2) is 30.5 Å². The molecule has 0 radical (unpaired) electrons. The number of carbonyl (C=O) groups is 1. The Balaban J connectivity index is 1.93. The Morgan fingerprint density at radius 1 is 1.21 bits per heavy atom. The van der Waals surface area contributed by atoms with Crippen molar-refractivity contribution in [1.82, 2.24) is 4.57 Å². The van der Waals surface area contributed by atoms with Gasteiger partial charge in [0, 0.05) is 4.90 Å². The summed E-state index contributed by atoms with van der Waals surface area (Å²) < 4.78 is 12.9. The van der Waals surface area contributed by atoms with Crippen molar-refractivity contribution in [2.24, 2.45) is 4.99 Å². The van der Waals surface area contributed by atoms with Crippen molar-refractivity contribution in [2.45, 2.75) is 31.7 Å². The zero-order valence-electron chi connectivity index (χ0n) is 19.7. The summed E-state index contributed by atoms with van der Waals surface area (Å²) in [5, 5.41) is 0. The molecule has 2 aromatic carbocycles. The molecule has 1 aliphatic heterocycles. The number of aromatic nitrogens is 1. The lowest BCUT2D eigenvalue weighted by molar-refractivity contribution is -0.139. The fourth-order valence-corrected chi connectivity index (χ4v) is 5.43. The first kappa shape index (κ1) is 24.0. The van der Waals surface area contributed by atoms with Crippen LogP contribution in [0.2, 0.25) is 0 Å². The van der Waals surface area contributed by atoms with E-state index >= 15 is 0 Å². The van der Waals surface area contributed by atoms with Crippen LogP contribution in [0.3, 0.4) is 0 Å². The van der Waals surface area contributed by atoms with Crippen LogP contribution in [0, 0.1) is 6.92 Å². The molecule has 0 amide bonds. The van der Waals surface area contributed by atoms with Gasteiger partial charge in [0.05, 0.1) is 35.6 Å². The van der Waals surface area contributed by atoms with Gasteiger partial charge in [-0.1, -0.05) is 35.6 Å². The van der Waals surface area contributed by atoms with E-state index in [1.54, 1.807) is 37.3 Å². The second-order valence-corrected chi connectivity index (χ2v) is 9.69. The largest absolute Gasteiger partial charge is 0.496 e. The Hall–Kier alpha value is -3.10. The molecule has 0 saturated heterocycles. The van der Waals surface area contributed by atoms with Gasteiger partial charge in [-0.15, -0.1) is 11.8 Å². The van der Waals surface area contributed by atoms with E-state index in [4.69, 9.17) is 9.47 Å². The molecule has 176 valence electrons. The lowest BCUT2D eigenvalue weighted by atomic mass is 9.96. The maximum atomic E-state index is 13.7. The van der Waals surface area contributed by atoms with E-state index in [-0.39, 0.29) is 12.2 Å². The summed E-state index contributed by atoms with van der Waals surface area (Å²) in [6.07, 6.45) is 3.84. The molecule has 8 heteroatoms. The van der Waals surface area contributed by atoms with E-state index in [0.29, 0.717) is 20.6 Å². The number of thiazole rings is 1. The van der Waals surface area contributed by atoms with Gasteiger partial charge in [0.1, 0.15) is 5.75 Å². The van der Waals surface area contributed by atoms with Gasteiger partial charge in [0.15, 0.2) is 4.80 Å². The Morgan fingerprint density at radius 3 is 2.59 bits per heavy atom. The summed E-state index contributed by atoms with van der Waals surface area (Å²) in [5.74, 6) is 0.300. The number of hydrogen-bond donors (Lipinski definition) is 0. The number of methoxy groups -OCH3 is 1. The minimum atomic E-state index is -0.610. The SMILES string of the molecule is CCOC(=O)C1=C(C)N=c2sc(=Cc3ccc(C)c(OC)c3)c(=O)n2[C@@H]1c1ccc(SC)cc1. The minimum Gasteiger partial charge on any atom is -0.496 e. The van der Waals surface area contributed by atoms with Crippen LogP contribution in [0.25, 0.3) is 6.08 Å². The number of rotatable bonds is 6. The summed E-state index contributed by atoms with van der Waals surface area (Å²) >= 11 is 2.94. The number of fused-ring (bicyclic) bond motifs is 1. The van der Waals surface area contributed by atoms with Crippen LogP contribution < -0.4 is 19.6 Å². The highest BCUT2D eigenvalue weighted by Crippen LogP contribution is 2.31. The van der Waals surface area contributed by atoms with Crippen molar-refractivity contribution in [3.63, 3.8) is 0 Å². The molecule has 4 rings (SSSR count). The lowest BCUT2D eigenvalue weighted by Crippen LogP contribution is -2.39. The van der Waals surface area contributed by atoms with Gasteiger partial charge in [0.2, 0.25) is 0 Å². The zero-order valence-corrected chi connectivity index (χ0v) is 21.4. The predicted octanol–water partition coefficient (Wildman–Crippen LogP) is 3.84. The van der Waals surface area contributed by atoms with Crippen LogP contribution in [0.5, 0.6) is 5.75 Å². The van der Waals surface area contributed by atoms with Crippen LogP contribution in [0.15, 0.2) is 68.4 Å².